The fourth-order valence-electron chi connectivity index (χ4n) is 1.94. The van der Waals surface area contributed by atoms with Crippen molar-refractivity contribution in [3.63, 3.8) is 0 Å². The van der Waals surface area contributed by atoms with E-state index >= 15 is 0 Å². The van der Waals surface area contributed by atoms with E-state index in [1.54, 1.807) is 4.90 Å². The average Bonchev–Trinajstić information content (AvgIpc) is 2.27. The van der Waals surface area contributed by atoms with Crippen molar-refractivity contribution in [3.8, 4) is 0 Å². The van der Waals surface area contributed by atoms with E-state index in [1.165, 1.54) is 11.1 Å². The Morgan fingerprint density at radius 1 is 1.43 bits per heavy atom. The zero-order valence-electron chi connectivity index (χ0n) is 8.18. The number of benzene rings is 1. The molecule has 0 fully saturated rings. The van der Waals surface area contributed by atoms with E-state index in [1.807, 2.05) is 24.4 Å². The van der Waals surface area contributed by atoms with Gasteiger partial charge in [-0.3, -0.25) is 4.79 Å². The lowest BCUT2D eigenvalue weighted by Crippen LogP contribution is -2.24. The van der Waals surface area contributed by atoms with Crippen LogP contribution in [0.4, 0.5) is 0 Å². The van der Waals surface area contributed by atoms with E-state index in [0.717, 1.165) is 12.8 Å². The zero-order valence-corrected chi connectivity index (χ0v) is 8.18. The SMILES string of the molecule is CCC1c2ccccc2C=CN1C=O. The minimum Gasteiger partial charge on any atom is -0.314 e. The highest BCUT2D eigenvalue weighted by atomic mass is 16.1. The lowest BCUT2D eigenvalue weighted by Gasteiger charge is -2.29. The van der Waals surface area contributed by atoms with Crippen molar-refractivity contribution < 1.29 is 4.79 Å². The summed E-state index contributed by atoms with van der Waals surface area (Å²) in [6, 6.07) is 8.41. The van der Waals surface area contributed by atoms with Crippen LogP contribution in [-0.4, -0.2) is 11.3 Å². The maximum absolute atomic E-state index is 10.8. The Kier molecular flexibility index (Phi) is 2.35. The molecule has 0 N–H and O–H groups in total. The van der Waals surface area contributed by atoms with E-state index in [0.29, 0.717) is 0 Å². The van der Waals surface area contributed by atoms with Gasteiger partial charge in [0, 0.05) is 6.20 Å². The van der Waals surface area contributed by atoms with Crippen molar-refractivity contribution in [2.24, 2.45) is 0 Å². The van der Waals surface area contributed by atoms with Crippen molar-refractivity contribution in [1.82, 2.24) is 4.90 Å². The Hall–Kier alpha value is -1.57. The van der Waals surface area contributed by atoms with E-state index in [4.69, 9.17) is 0 Å². The number of rotatable bonds is 2. The van der Waals surface area contributed by atoms with Gasteiger partial charge in [-0.15, -0.1) is 0 Å². The monoisotopic (exact) mass is 187 g/mol. The van der Waals surface area contributed by atoms with Gasteiger partial charge in [-0.2, -0.15) is 0 Å². The van der Waals surface area contributed by atoms with E-state index < -0.39 is 0 Å². The van der Waals surface area contributed by atoms with Gasteiger partial charge in [0.1, 0.15) is 0 Å². The summed E-state index contributed by atoms with van der Waals surface area (Å²) in [4.78, 5) is 12.5. The number of carbonyl (C=O) groups is 1. The zero-order chi connectivity index (χ0) is 9.97. The molecule has 1 unspecified atom stereocenters. The Morgan fingerprint density at radius 2 is 2.21 bits per heavy atom. The molecule has 1 aromatic carbocycles. The van der Waals surface area contributed by atoms with Gasteiger partial charge in [-0.05, 0) is 23.6 Å². The molecule has 2 nitrogen and oxygen atoms in total. The van der Waals surface area contributed by atoms with Crippen LogP contribution in [0.3, 0.4) is 0 Å². The lowest BCUT2D eigenvalue weighted by atomic mass is 9.95. The van der Waals surface area contributed by atoms with Gasteiger partial charge in [-0.25, -0.2) is 0 Å². The van der Waals surface area contributed by atoms with Crippen LogP contribution in [-0.2, 0) is 4.79 Å². The second kappa shape index (κ2) is 3.66. The normalized spacial score (nSPS) is 19.2. The molecule has 0 aromatic heterocycles. The first kappa shape index (κ1) is 9.00. The van der Waals surface area contributed by atoms with Crippen LogP contribution in [0.15, 0.2) is 30.5 Å². The molecular formula is C12H13NO. The summed E-state index contributed by atoms with van der Waals surface area (Å²) in [5.74, 6) is 0. The third-order valence-corrected chi connectivity index (χ3v) is 2.65. The average molecular weight is 187 g/mol. The molecular weight excluding hydrogens is 174 g/mol. The summed E-state index contributed by atoms with van der Waals surface area (Å²) < 4.78 is 0. The molecule has 0 saturated heterocycles. The van der Waals surface area contributed by atoms with Crippen LogP contribution in [0.2, 0.25) is 0 Å². The van der Waals surface area contributed by atoms with Crippen molar-refractivity contribution in [3.05, 3.63) is 41.6 Å². The second-order valence-electron chi connectivity index (χ2n) is 3.42. The third-order valence-electron chi connectivity index (χ3n) is 2.65. The van der Waals surface area contributed by atoms with Crippen molar-refractivity contribution in [2.75, 3.05) is 0 Å². The number of amides is 1. The third kappa shape index (κ3) is 1.33. The van der Waals surface area contributed by atoms with E-state index in [9.17, 15) is 4.79 Å². The van der Waals surface area contributed by atoms with Gasteiger partial charge in [0.25, 0.3) is 0 Å². The molecule has 1 atom stereocenters. The first-order valence-corrected chi connectivity index (χ1v) is 4.86. The maximum Gasteiger partial charge on any atom is 0.214 e. The molecule has 1 heterocycles. The summed E-state index contributed by atoms with van der Waals surface area (Å²) in [6.07, 6.45) is 5.67. The van der Waals surface area contributed by atoms with Crippen LogP contribution in [0.5, 0.6) is 0 Å². The molecule has 2 heteroatoms. The maximum atomic E-state index is 10.8. The van der Waals surface area contributed by atoms with Crippen molar-refractivity contribution in [1.29, 1.82) is 0 Å². The number of hydrogen-bond acceptors (Lipinski definition) is 1. The Morgan fingerprint density at radius 3 is 2.93 bits per heavy atom. The van der Waals surface area contributed by atoms with Crippen LogP contribution in [0.1, 0.15) is 30.5 Å². The molecule has 0 radical (unpaired) electrons. The van der Waals surface area contributed by atoms with Crippen LogP contribution < -0.4 is 0 Å². The summed E-state index contributed by atoms with van der Waals surface area (Å²) in [5, 5.41) is 0. The number of hydrogen-bond donors (Lipinski definition) is 0. The minimum atomic E-state index is 0.202. The largest absolute Gasteiger partial charge is 0.314 e. The molecule has 14 heavy (non-hydrogen) atoms. The molecule has 0 bridgehead atoms. The highest BCUT2D eigenvalue weighted by Gasteiger charge is 2.20. The van der Waals surface area contributed by atoms with Gasteiger partial charge in [-0.1, -0.05) is 31.2 Å². The second-order valence-corrected chi connectivity index (χ2v) is 3.42. The van der Waals surface area contributed by atoms with Crippen LogP contribution in [0.25, 0.3) is 6.08 Å². The number of carbonyl (C=O) groups excluding carboxylic acids is 1. The van der Waals surface area contributed by atoms with Gasteiger partial charge in [0.2, 0.25) is 6.41 Å². The standard InChI is InChI=1S/C12H13NO/c1-2-12-11-6-4-3-5-10(11)7-8-13(12)9-14/h3-9,12H,2H2,1H3. The Bertz CT molecular complexity index is 370. The predicted octanol–water partition coefficient (Wildman–Crippen LogP) is 2.58. The van der Waals surface area contributed by atoms with E-state index in [-0.39, 0.29) is 6.04 Å². The fourth-order valence-corrected chi connectivity index (χ4v) is 1.94. The highest BCUT2D eigenvalue weighted by molar-refractivity contribution is 5.63. The molecule has 1 aromatic rings. The van der Waals surface area contributed by atoms with Crippen LogP contribution >= 0.6 is 0 Å². The summed E-state index contributed by atoms with van der Waals surface area (Å²) in [7, 11) is 0. The molecule has 1 aliphatic heterocycles. The Balaban J connectivity index is 2.46. The quantitative estimate of drug-likeness (QED) is 0.652. The summed E-state index contributed by atoms with van der Waals surface area (Å²) in [6.45, 7) is 2.09. The topological polar surface area (TPSA) is 20.3 Å². The first-order valence-electron chi connectivity index (χ1n) is 4.86. The summed E-state index contributed by atoms with van der Waals surface area (Å²) in [5.41, 5.74) is 2.46. The van der Waals surface area contributed by atoms with Crippen molar-refractivity contribution in [2.45, 2.75) is 19.4 Å². The fraction of sp³-hybridized carbons (Fsp3) is 0.250. The molecule has 0 spiro atoms. The van der Waals surface area contributed by atoms with Gasteiger partial charge in [0.15, 0.2) is 0 Å². The first-order chi connectivity index (χ1) is 6.86. The van der Waals surface area contributed by atoms with Crippen molar-refractivity contribution >= 4 is 12.5 Å². The summed E-state index contributed by atoms with van der Waals surface area (Å²) >= 11 is 0. The number of nitrogens with zero attached hydrogens (tertiary/aromatic N) is 1. The molecule has 72 valence electrons. The highest BCUT2D eigenvalue weighted by Crippen LogP contribution is 2.30. The van der Waals surface area contributed by atoms with Crippen LogP contribution in [0, 0.1) is 0 Å². The minimum absolute atomic E-state index is 0.202. The predicted molar refractivity (Wildman–Crippen MR) is 56.4 cm³/mol. The number of fused-ring (bicyclic) bond motifs is 1. The smallest absolute Gasteiger partial charge is 0.214 e. The lowest BCUT2D eigenvalue weighted by molar-refractivity contribution is -0.117. The molecule has 1 aliphatic rings. The van der Waals surface area contributed by atoms with Gasteiger partial charge in [0.05, 0.1) is 6.04 Å². The molecule has 0 saturated carbocycles. The molecule has 1 amide bonds. The molecule has 2 rings (SSSR count). The van der Waals surface area contributed by atoms with Gasteiger partial charge < -0.3 is 4.90 Å². The molecule has 0 aliphatic carbocycles. The van der Waals surface area contributed by atoms with E-state index in [2.05, 4.69) is 19.1 Å². The van der Waals surface area contributed by atoms with Gasteiger partial charge >= 0.3 is 0 Å². The Labute approximate surface area is 83.8 Å².